The van der Waals surface area contributed by atoms with E-state index in [1.54, 1.807) is 0 Å². The standard InChI is InChI=1S/C44H38N4O2Si/c1-29-13-11-19-35(25-29)41-42(36-20-12-14-30(2)26-36)44(48-46-38-28-34(22-24-40(38)50-48)32-17-9-6-10-18-32)51(3,4)43(41)47-45-37-27-33(21-23-39(37)49-47)31-15-7-5-8-16-31/h5-28,45-46H,1-4H3. The fourth-order valence-corrected chi connectivity index (χ4v) is 10.8. The van der Waals surface area contributed by atoms with E-state index in [-0.39, 0.29) is 0 Å². The Kier molecular flexibility index (Phi) is 7.26. The average molecular weight is 683 g/mol. The Morgan fingerprint density at radius 1 is 0.431 bits per heavy atom. The molecule has 3 heterocycles. The van der Waals surface area contributed by atoms with Gasteiger partial charge in [-0.25, -0.2) is 0 Å². The molecule has 2 N–H and O–H groups in total. The number of fused-ring (bicyclic) bond motifs is 2. The molecule has 0 spiro atoms. The molecule has 6 aromatic carbocycles. The molecule has 6 nitrogen and oxygen atoms in total. The van der Waals surface area contributed by atoms with Crippen LogP contribution in [0, 0.1) is 13.8 Å². The molecule has 0 unspecified atom stereocenters. The third kappa shape index (κ3) is 5.34. The van der Waals surface area contributed by atoms with Gasteiger partial charge in [-0.3, -0.25) is 10.9 Å². The van der Waals surface area contributed by atoms with E-state index in [1.165, 1.54) is 11.1 Å². The zero-order valence-electron chi connectivity index (χ0n) is 29.1. The topological polar surface area (TPSA) is 49.0 Å². The number of hydroxylamine groups is 2. The molecule has 0 fully saturated rings. The van der Waals surface area contributed by atoms with Gasteiger partial charge in [0, 0.05) is 11.1 Å². The van der Waals surface area contributed by atoms with Crippen LogP contribution in [0.15, 0.2) is 156 Å². The second-order valence-corrected chi connectivity index (χ2v) is 18.2. The zero-order valence-corrected chi connectivity index (χ0v) is 30.1. The van der Waals surface area contributed by atoms with Gasteiger partial charge in [-0.2, -0.15) is 0 Å². The predicted octanol–water partition coefficient (Wildman–Crippen LogP) is 10.8. The zero-order chi connectivity index (χ0) is 34.7. The fourth-order valence-electron chi connectivity index (χ4n) is 7.53. The average Bonchev–Trinajstić information content (AvgIpc) is 3.82. The summed E-state index contributed by atoms with van der Waals surface area (Å²) in [6, 6.07) is 51.1. The summed E-state index contributed by atoms with van der Waals surface area (Å²) in [6.07, 6.45) is 0. The summed E-state index contributed by atoms with van der Waals surface area (Å²) in [5, 5.41) is 6.07. The van der Waals surface area contributed by atoms with E-state index in [0.29, 0.717) is 0 Å². The van der Waals surface area contributed by atoms with E-state index in [4.69, 9.17) is 9.68 Å². The molecule has 0 radical (unpaired) electrons. The molecule has 0 saturated heterocycles. The molecule has 3 aliphatic rings. The first-order valence-corrected chi connectivity index (χ1v) is 20.4. The number of hydrogen-bond acceptors (Lipinski definition) is 6. The van der Waals surface area contributed by atoms with Crippen LogP contribution in [0.25, 0.3) is 33.4 Å². The lowest BCUT2D eigenvalue weighted by Gasteiger charge is -2.33. The van der Waals surface area contributed by atoms with Gasteiger partial charge in [-0.1, -0.05) is 146 Å². The number of nitrogens with zero attached hydrogens (tertiary/aromatic N) is 2. The van der Waals surface area contributed by atoms with Gasteiger partial charge in [0.15, 0.2) is 19.6 Å². The van der Waals surface area contributed by atoms with Gasteiger partial charge in [0.1, 0.15) is 11.4 Å². The van der Waals surface area contributed by atoms with Gasteiger partial charge in [0.25, 0.3) is 0 Å². The Hall–Kier alpha value is -6.18. The maximum Gasteiger partial charge on any atom is 0.182 e. The van der Waals surface area contributed by atoms with Crippen LogP contribution in [0.3, 0.4) is 0 Å². The van der Waals surface area contributed by atoms with Crippen LogP contribution in [-0.2, 0) is 0 Å². The van der Waals surface area contributed by atoms with Crippen molar-refractivity contribution in [1.29, 1.82) is 0 Å². The first kappa shape index (κ1) is 30.8. The Bertz CT molecular complexity index is 2220. The Labute approximate surface area is 299 Å². The largest absolute Gasteiger partial charge is 0.358 e. The molecular weight excluding hydrogens is 645 g/mol. The van der Waals surface area contributed by atoms with Gasteiger partial charge in [0.05, 0.1) is 10.6 Å². The summed E-state index contributed by atoms with van der Waals surface area (Å²) in [5.41, 5.74) is 20.7. The van der Waals surface area contributed by atoms with Crippen molar-refractivity contribution in [2.45, 2.75) is 26.9 Å². The number of benzene rings is 6. The van der Waals surface area contributed by atoms with Gasteiger partial charge < -0.3 is 9.68 Å². The summed E-state index contributed by atoms with van der Waals surface area (Å²) in [5.74, 6) is 1.58. The maximum atomic E-state index is 6.74. The van der Waals surface area contributed by atoms with Gasteiger partial charge in [0.2, 0.25) is 0 Å². The second-order valence-electron chi connectivity index (χ2n) is 14.0. The first-order valence-electron chi connectivity index (χ1n) is 17.4. The summed E-state index contributed by atoms with van der Waals surface area (Å²) in [4.78, 5) is 13.5. The van der Waals surface area contributed by atoms with Crippen LogP contribution >= 0.6 is 0 Å². The number of aryl methyl sites for hydroxylation is 2. The highest BCUT2D eigenvalue weighted by Gasteiger charge is 2.52. The molecule has 0 atom stereocenters. The lowest BCUT2D eigenvalue weighted by Crippen LogP contribution is -2.48. The van der Waals surface area contributed by atoms with E-state index >= 15 is 0 Å². The molecule has 6 aromatic rings. The van der Waals surface area contributed by atoms with Crippen LogP contribution in [0.2, 0.25) is 13.1 Å². The highest BCUT2D eigenvalue weighted by Crippen LogP contribution is 2.53. The molecule has 51 heavy (non-hydrogen) atoms. The minimum atomic E-state index is -2.65. The second kappa shape index (κ2) is 12.0. The lowest BCUT2D eigenvalue weighted by atomic mass is 9.92. The molecule has 0 saturated carbocycles. The Balaban J connectivity index is 1.19. The summed E-state index contributed by atoms with van der Waals surface area (Å²) < 4.78 is 0. The van der Waals surface area contributed by atoms with Crippen LogP contribution in [0.1, 0.15) is 22.3 Å². The minimum Gasteiger partial charge on any atom is -0.358 e. The van der Waals surface area contributed by atoms with Crippen LogP contribution in [0.4, 0.5) is 11.4 Å². The quantitative estimate of drug-likeness (QED) is 0.171. The predicted molar refractivity (Wildman–Crippen MR) is 210 cm³/mol. The molecule has 250 valence electrons. The van der Waals surface area contributed by atoms with Crippen molar-refractivity contribution >= 4 is 30.6 Å². The number of nitrogens with one attached hydrogen (secondary N) is 2. The molecular formula is C44H38N4O2Si. The van der Waals surface area contributed by atoms with Crippen molar-refractivity contribution in [3.8, 4) is 33.8 Å². The van der Waals surface area contributed by atoms with Crippen molar-refractivity contribution in [2.24, 2.45) is 0 Å². The van der Waals surface area contributed by atoms with E-state index in [0.717, 1.165) is 78.0 Å². The molecule has 0 aliphatic carbocycles. The molecule has 9 rings (SSSR count). The van der Waals surface area contributed by atoms with E-state index in [2.05, 4.69) is 171 Å². The van der Waals surface area contributed by atoms with Crippen LogP contribution in [-0.4, -0.2) is 18.4 Å². The smallest absolute Gasteiger partial charge is 0.182 e. The van der Waals surface area contributed by atoms with Crippen molar-refractivity contribution in [1.82, 2.24) is 10.3 Å². The fraction of sp³-hybridized carbons (Fsp3) is 0.0909. The van der Waals surface area contributed by atoms with Crippen LogP contribution < -0.4 is 20.5 Å². The number of anilines is 2. The molecule has 0 bridgehead atoms. The lowest BCUT2D eigenvalue weighted by molar-refractivity contribution is 0.0278. The van der Waals surface area contributed by atoms with E-state index in [9.17, 15) is 0 Å². The molecule has 3 aliphatic heterocycles. The van der Waals surface area contributed by atoms with Gasteiger partial charge >= 0.3 is 0 Å². The maximum absolute atomic E-state index is 6.74. The SMILES string of the molecule is Cc1cccc(C2=C(N3Nc4cc(-c5ccccc5)ccc4O3)[Si](C)(C)C(N3Nc4cc(-c5ccccc5)ccc4O3)=C2c2cccc(C)c2)c1. The van der Waals surface area contributed by atoms with E-state index in [1.807, 2.05) is 22.5 Å². The van der Waals surface area contributed by atoms with Gasteiger partial charge in [-0.15, -0.1) is 10.3 Å². The number of hydrazine groups is 2. The summed E-state index contributed by atoms with van der Waals surface area (Å²) in [7, 11) is -2.65. The monoisotopic (exact) mass is 682 g/mol. The Morgan fingerprint density at radius 3 is 1.25 bits per heavy atom. The normalized spacial score (nSPS) is 15.6. The number of allylic oxidation sites excluding steroid dienone is 2. The minimum absolute atomic E-state index is 0.789. The highest BCUT2D eigenvalue weighted by molar-refractivity contribution is 6.94. The van der Waals surface area contributed by atoms with E-state index < -0.39 is 8.07 Å². The molecule has 7 heteroatoms. The molecule has 0 amide bonds. The van der Waals surface area contributed by atoms with Crippen molar-refractivity contribution in [3.63, 3.8) is 0 Å². The third-order valence-electron chi connectivity index (χ3n) is 9.92. The summed E-state index contributed by atoms with van der Waals surface area (Å²) in [6.45, 7) is 9.05. The highest BCUT2D eigenvalue weighted by atomic mass is 28.3. The van der Waals surface area contributed by atoms with Crippen molar-refractivity contribution in [2.75, 3.05) is 10.9 Å². The van der Waals surface area contributed by atoms with Gasteiger partial charge in [-0.05, 0) is 71.5 Å². The number of rotatable bonds is 6. The Morgan fingerprint density at radius 2 is 0.843 bits per heavy atom. The first-order chi connectivity index (χ1) is 24.8. The number of hydrogen-bond donors (Lipinski definition) is 2. The van der Waals surface area contributed by atoms with Crippen LogP contribution in [0.5, 0.6) is 11.5 Å². The third-order valence-corrected chi connectivity index (χ3v) is 13.2. The summed E-state index contributed by atoms with van der Waals surface area (Å²) >= 11 is 0. The molecule has 0 aromatic heterocycles. The van der Waals surface area contributed by atoms with Crippen molar-refractivity contribution in [3.05, 3.63) is 178 Å². The van der Waals surface area contributed by atoms with Crippen molar-refractivity contribution < 1.29 is 9.68 Å².